The summed E-state index contributed by atoms with van der Waals surface area (Å²) in [5.41, 5.74) is 1.67. The highest BCUT2D eigenvalue weighted by Gasteiger charge is 2.48. The van der Waals surface area contributed by atoms with Gasteiger partial charge in [-0.2, -0.15) is 0 Å². The van der Waals surface area contributed by atoms with E-state index in [-0.39, 0.29) is 11.7 Å². The zero-order valence-corrected chi connectivity index (χ0v) is 14.7. The minimum atomic E-state index is -0.338. The monoisotopic (exact) mass is 341 g/mol. The van der Waals surface area contributed by atoms with Gasteiger partial charge in [-0.05, 0) is 31.2 Å². The van der Waals surface area contributed by atoms with Crippen molar-refractivity contribution in [2.75, 3.05) is 33.3 Å². The summed E-state index contributed by atoms with van der Waals surface area (Å²) in [7, 11) is 1.79. The highest BCUT2D eigenvalue weighted by atomic mass is 16.6. The predicted molar refractivity (Wildman–Crippen MR) is 94.6 cm³/mol. The number of rotatable bonds is 4. The number of likely N-dealkylation sites (N-methyl/N-ethyl adjacent to an activating group) is 1. The average Bonchev–Trinajstić information content (AvgIpc) is 3.10. The van der Waals surface area contributed by atoms with Gasteiger partial charge in [0.2, 0.25) is 0 Å². The number of likely N-dealkylation sites (tertiary alicyclic amines) is 1. The molecule has 25 heavy (non-hydrogen) atoms. The van der Waals surface area contributed by atoms with Gasteiger partial charge in [-0.25, -0.2) is 4.79 Å². The molecular weight excluding hydrogens is 318 g/mol. The molecule has 2 aliphatic heterocycles. The topological polar surface area (TPSA) is 54.9 Å². The molecule has 1 aromatic heterocycles. The number of fused-ring (bicyclic) bond motifs is 1. The summed E-state index contributed by atoms with van der Waals surface area (Å²) in [6, 6.07) is 10.1. The van der Waals surface area contributed by atoms with E-state index in [9.17, 15) is 4.79 Å². The van der Waals surface area contributed by atoms with Crippen LogP contribution >= 0.6 is 0 Å². The number of aromatic nitrogens is 1. The van der Waals surface area contributed by atoms with Crippen molar-refractivity contribution in [2.24, 2.45) is 0 Å². The fourth-order valence-corrected chi connectivity index (χ4v) is 3.79. The van der Waals surface area contributed by atoms with Gasteiger partial charge in [-0.15, -0.1) is 0 Å². The average molecular weight is 341 g/mol. The summed E-state index contributed by atoms with van der Waals surface area (Å²) >= 11 is 0. The van der Waals surface area contributed by atoms with Crippen LogP contribution in [0, 0.1) is 0 Å². The molecule has 132 valence electrons. The molecule has 2 fully saturated rings. The smallest absolute Gasteiger partial charge is 0.410 e. The highest BCUT2D eigenvalue weighted by Crippen LogP contribution is 2.32. The number of amides is 1. The third kappa shape index (κ3) is 3.14. The number of nitrogens with zero attached hydrogens (tertiary/aromatic N) is 3. The Kier molecular flexibility index (Phi) is 4.00. The molecule has 1 aromatic carbocycles. The summed E-state index contributed by atoms with van der Waals surface area (Å²) in [6.07, 6.45) is 0.671. The third-order valence-electron chi connectivity index (χ3n) is 4.95. The first-order valence-electron chi connectivity index (χ1n) is 8.76. The van der Waals surface area contributed by atoms with Crippen molar-refractivity contribution in [3.05, 3.63) is 36.0 Å². The van der Waals surface area contributed by atoms with Gasteiger partial charge in [0.15, 0.2) is 0 Å². The lowest BCUT2D eigenvalue weighted by atomic mass is 10.0. The van der Waals surface area contributed by atoms with Crippen LogP contribution < -0.4 is 4.74 Å². The lowest BCUT2D eigenvalue weighted by Gasteiger charge is -2.21. The maximum atomic E-state index is 11.7. The molecule has 0 saturated carbocycles. The third-order valence-corrected chi connectivity index (χ3v) is 4.95. The van der Waals surface area contributed by atoms with Crippen molar-refractivity contribution in [2.45, 2.75) is 25.5 Å². The summed E-state index contributed by atoms with van der Waals surface area (Å²) in [5.74, 6) is 0.873. The molecule has 2 aromatic rings. The van der Waals surface area contributed by atoms with Crippen LogP contribution in [-0.4, -0.2) is 59.8 Å². The second-order valence-electron chi connectivity index (χ2n) is 6.96. The molecule has 0 unspecified atom stereocenters. The Morgan fingerprint density at radius 1 is 1.28 bits per heavy atom. The molecule has 2 saturated heterocycles. The standard InChI is InChI=1S/C19H23N3O3/c1-3-24-16-6-7-17-14(10-16)4-5-15(20-17)11-22-9-8-19(13-22)12-21(2)18(23)25-19/h4-7,10H,3,8-9,11-13H2,1-2H3/t19-/m0/s1. The normalized spacial score (nSPS) is 23.6. The molecule has 2 aliphatic rings. The van der Waals surface area contributed by atoms with E-state index in [4.69, 9.17) is 14.5 Å². The Morgan fingerprint density at radius 2 is 2.16 bits per heavy atom. The fraction of sp³-hybridized carbons (Fsp3) is 0.474. The Labute approximate surface area is 147 Å². The number of hydrogen-bond donors (Lipinski definition) is 0. The van der Waals surface area contributed by atoms with E-state index in [1.807, 2.05) is 25.1 Å². The summed E-state index contributed by atoms with van der Waals surface area (Å²) in [4.78, 5) is 20.4. The minimum absolute atomic E-state index is 0.212. The molecule has 0 bridgehead atoms. The zero-order chi connectivity index (χ0) is 17.4. The van der Waals surface area contributed by atoms with Crippen molar-refractivity contribution in [1.82, 2.24) is 14.8 Å². The van der Waals surface area contributed by atoms with E-state index in [0.717, 1.165) is 48.4 Å². The van der Waals surface area contributed by atoms with Gasteiger partial charge < -0.3 is 14.4 Å². The van der Waals surface area contributed by atoms with E-state index in [0.29, 0.717) is 13.2 Å². The number of hydrogen-bond acceptors (Lipinski definition) is 5. The predicted octanol–water partition coefficient (Wildman–Crippen LogP) is 2.66. The van der Waals surface area contributed by atoms with Crippen molar-refractivity contribution in [1.29, 1.82) is 0 Å². The summed E-state index contributed by atoms with van der Waals surface area (Å²) in [6.45, 7) is 5.78. The van der Waals surface area contributed by atoms with Crippen LogP contribution in [0.15, 0.2) is 30.3 Å². The number of benzene rings is 1. The van der Waals surface area contributed by atoms with Crippen molar-refractivity contribution in [3.63, 3.8) is 0 Å². The summed E-state index contributed by atoms with van der Waals surface area (Å²) < 4.78 is 11.1. The molecule has 6 nitrogen and oxygen atoms in total. The number of pyridine rings is 1. The SMILES string of the molecule is CCOc1ccc2nc(CN3CC[C@@]4(C3)CN(C)C(=O)O4)ccc2c1. The van der Waals surface area contributed by atoms with E-state index in [1.54, 1.807) is 11.9 Å². The largest absolute Gasteiger partial charge is 0.494 e. The number of carbonyl (C=O) groups excluding carboxylic acids is 1. The number of carbonyl (C=O) groups is 1. The van der Waals surface area contributed by atoms with Gasteiger partial charge in [0.25, 0.3) is 0 Å². The van der Waals surface area contributed by atoms with Crippen LogP contribution in [0.1, 0.15) is 19.0 Å². The molecule has 6 heteroatoms. The van der Waals surface area contributed by atoms with Crippen LogP contribution in [0.25, 0.3) is 10.9 Å². The van der Waals surface area contributed by atoms with E-state index < -0.39 is 0 Å². The first-order chi connectivity index (χ1) is 12.1. The molecule has 4 rings (SSSR count). The first kappa shape index (κ1) is 16.1. The second kappa shape index (κ2) is 6.19. The van der Waals surface area contributed by atoms with Crippen LogP contribution in [0.4, 0.5) is 4.79 Å². The molecular formula is C19H23N3O3. The van der Waals surface area contributed by atoms with Crippen molar-refractivity contribution in [3.8, 4) is 5.75 Å². The Bertz CT molecular complexity index is 810. The van der Waals surface area contributed by atoms with Crippen LogP contribution in [-0.2, 0) is 11.3 Å². The Balaban J connectivity index is 1.46. The van der Waals surface area contributed by atoms with Crippen molar-refractivity contribution >= 4 is 17.0 Å². The molecule has 1 amide bonds. The van der Waals surface area contributed by atoms with Gasteiger partial charge in [-0.3, -0.25) is 9.88 Å². The first-order valence-corrected chi connectivity index (χ1v) is 8.76. The molecule has 3 heterocycles. The zero-order valence-electron chi connectivity index (χ0n) is 14.7. The van der Waals surface area contributed by atoms with Crippen molar-refractivity contribution < 1.29 is 14.3 Å². The Hall–Kier alpha value is -2.34. The quantitative estimate of drug-likeness (QED) is 0.856. The maximum Gasteiger partial charge on any atom is 0.410 e. The summed E-state index contributed by atoms with van der Waals surface area (Å²) in [5, 5.41) is 1.08. The van der Waals surface area contributed by atoms with Gasteiger partial charge in [0.1, 0.15) is 11.4 Å². The lowest BCUT2D eigenvalue weighted by Crippen LogP contribution is -2.37. The Morgan fingerprint density at radius 3 is 2.92 bits per heavy atom. The van der Waals surface area contributed by atoms with Gasteiger partial charge >= 0.3 is 6.09 Å². The molecule has 1 atom stereocenters. The van der Waals surface area contributed by atoms with E-state index >= 15 is 0 Å². The van der Waals surface area contributed by atoms with Gasteiger partial charge in [0.05, 0.1) is 24.4 Å². The van der Waals surface area contributed by atoms with Gasteiger partial charge in [-0.1, -0.05) is 6.07 Å². The van der Waals surface area contributed by atoms with Crippen LogP contribution in [0.2, 0.25) is 0 Å². The van der Waals surface area contributed by atoms with Gasteiger partial charge in [0, 0.05) is 38.5 Å². The minimum Gasteiger partial charge on any atom is -0.494 e. The maximum absolute atomic E-state index is 11.7. The highest BCUT2D eigenvalue weighted by molar-refractivity contribution is 5.80. The molecule has 0 radical (unpaired) electrons. The molecule has 1 spiro atoms. The van der Waals surface area contributed by atoms with E-state index in [2.05, 4.69) is 17.0 Å². The van der Waals surface area contributed by atoms with Crippen LogP contribution in [0.3, 0.4) is 0 Å². The molecule has 0 aliphatic carbocycles. The number of ether oxygens (including phenoxy) is 2. The fourth-order valence-electron chi connectivity index (χ4n) is 3.79. The van der Waals surface area contributed by atoms with E-state index in [1.165, 1.54) is 0 Å². The lowest BCUT2D eigenvalue weighted by molar-refractivity contribution is 0.0626. The second-order valence-corrected chi connectivity index (χ2v) is 6.96. The molecule has 0 N–H and O–H groups in total. The van der Waals surface area contributed by atoms with Crippen LogP contribution in [0.5, 0.6) is 5.75 Å².